The summed E-state index contributed by atoms with van der Waals surface area (Å²) in [6.45, 7) is 1.41. The molecule has 0 aliphatic carbocycles. The number of hydrogen-bond acceptors (Lipinski definition) is 7. The molecule has 2 aromatic carbocycles. The van der Waals surface area contributed by atoms with Gasteiger partial charge in [-0.2, -0.15) is 9.40 Å². The number of ether oxygens (including phenoxy) is 1. The van der Waals surface area contributed by atoms with E-state index >= 15 is 0 Å². The van der Waals surface area contributed by atoms with Crippen molar-refractivity contribution in [2.75, 3.05) is 31.6 Å². The number of aromatic nitrogens is 2. The number of morpholine rings is 1. The van der Waals surface area contributed by atoms with Gasteiger partial charge in [0.25, 0.3) is 0 Å². The molecule has 170 valence electrons. The van der Waals surface area contributed by atoms with Gasteiger partial charge >= 0.3 is 0 Å². The summed E-state index contributed by atoms with van der Waals surface area (Å²) >= 11 is 0. The van der Waals surface area contributed by atoms with Gasteiger partial charge in [0.15, 0.2) is 5.69 Å². The number of anilines is 1. The molecule has 10 heteroatoms. The van der Waals surface area contributed by atoms with E-state index in [0.29, 0.717) is 37.7 Å². The van der Waals surface area contributed by atoms with Gasteiger partial charge in [-0.1, -0.05) is 18.2 Å². The molecule has 0 saturated carbocycles. The molecule has 0 amide bonds. The van der Waals surface area contributed by atoms with Crippen molar-refractivity contribution in [2.45, 2.75) is 4.90 Å². The number of hydrogen-bond donors (Lipinski definition) is 2. The van der Waals surface area contributed by atoms with E-state index in [2.05, 4.69) is 10.4 Å². The molecule has 9 nitrogen and oxygen atoms in total. The fraction of sp³-hybridized carbons (Fsp3) is 0.174. The SMILES string of the molecule is N=C/C=C(\Nc1ccccc1)c1nn(-c2ccc(S(=O)(=O)N3CCOCC3)cc2)ccc1=O. The summed E-state index contributed by atoms with van der Waals surface area (Å²) in [5, 5.41) is 15.0. The maximum atomic E-state index is 12.8. The average molecular weight is 466 g/mol. The van der Waals surface area contributed by atoms with Crippen LogP contribution < -0.4 is 10.7 Å². The molecule has 3 aromatic rings. The Morgan fingerprint density at radius 1 is 1.03 bits per heavy atom. The molecule has 0 spiro atoms. The minimum atomic E-state index is -3.60. The van der Waals surface area contributed by atoms with Crippen molar-refractivity contribution in [3.8, 4) is 5.69 Å². The van der Waals surface area contributed by atoms with Crippen molar-refractivity contribution in [2.24, 2.45) is 0 Å². The van der Waals surface area contributed by atoms with Gasteiger partial charge in [-0.05, 0) is 42.5 Å². The van der Waals surface area contributed by atoms with Crippen LogP contribution in [0.25, 0.3) is 11.4 Å². The maximum Gasteiger partial charge on any atom is 0.243 e. The van der Waals surface area contributed by atoms with E-state index in [1.807, 2.05) is 30.3 Å². The lowest BCUT2D eigenvalue weighted by molar-refractivity contribution is 0.0730. The van der Waals surface area contributed by atoms with E-state index < -0.39 is 10.0 Å². The predicted molar refractivity (Wildman–Crippen MR) is 126 cm³/mol. The molecule has 1 aliphatic rings. The normalized spacial score (nSPS) is 15.2. The van der Waals surface area contributed by atoms with Crippen molar-refractivity contribution in [1.29, 1.82) is 5.41 Å². The molecule has 2 N–H and O–H groups in total. The number of rotatable bonds is 7. The fourth-order valence-electron chi connectivity index (χ4n) is 3.38. The molecule has 0 unspecified atom stereocenters. The van der Waals surface area contributed by atoms with Gasteiger partial charge < -0.3 is 15.5 Å². The first-order valence-electron chi connectivity index (χ1n) is 10.3. The van der Waals surface area contributed by atoms with Crippen LogP contribution in [0.2, 0.25) is 0 Å². The lowest BCUT2D eigenvalue weighted by Gasteiger charge is -2.26. The molecule has 33 heavy (non-hydrogen) atoms. The molecule has 0 bridgehead atoms. The van der Waals surface area contributed by atoms with Crippen LogP contribution in [0, 0.1) is 5.41 Å². The van der Waals surface area contributed by atoms with Crippen molar-refractivity contribution in [3.63, 3.8) is 0 Å². The molecule has 0 radical (unpaired) electrons. The Hall–Kier alpha value is -3.60. The minimum absolute atomic E-state index is 0.134. The van der Waals surface area contributed by atoms with Crippen LogP contribution in [0.4, 0.5) is 5.69 Å². The highest BCUT2D eigenvalue weighted by atomic mass is 32.2. The standard InChI is InChI=1S/C23H23N5O4S/c24-12-10-21(25-18-4-2-1-3-5-18)23-22(29)11-13-28(26-23)19-6-8-20(9-7-19)33(30,31)27-14-16-32-17-15-27/h1-13,24-25H,14-17H2/b21-10-,24-12?. The first-order chi connectivity index (χ1) is 16.0. The third-order valence-electron chi connectivity index (χ3n) is 5.08. The van der Waals surface area contributed by atoms with Crippen molar-refractivity contribution in [1.82, 2.24) is 14.1 Å². The van der Waals surface area contributed by atoms with E-state index in [1.165, 1.54) is 39.5 Å². The van der Waals surface area contributed by atoms with E-state index in [4.69, 9.17) is 10.1 Å². The topological polar surface area (TPSA) is 117 Å². The molecular formula is C23H23N5O4S. The number of para-hydroxylation sites is 1. The summed E-state index contributed by atoms with van der Waals surface area (Å²) in [7, 11) is -3.60. The second-order valence-electron chi connectivity index (χ2n) is 7.22. The average Bonchev–Trinajstić information content (AvgIpc) is 2.85. The van der Waals surface area contributed by atoms with Crippen LogP contribution in [0.15, 0.2) is 82.6 Å². The summed E-state index contributed by atoms with van der Waals surface area (Å²) in [4.78, 5) is 12.7. The van der Waals surface area contributed by atoms with Crippen LogP contribution in [-0.2, 0) is 14.8 Å². The Balaban J connectivity index is 1.64. The predicted octanol–water partition coefficient (Wildman–Crippen LogP) is 2.36. The Morgan fingerprint density at radius 3 is 2.39 bits per heavy atom. The summed E-state index contributed by atoms with van der Waals surface area (Å²) < 4.78 is 33.8. The summed E-state index contributed by atoms with van der Waals surface area (Å²) in [6.07, 6.45) is 4.05. The van der Waals surface area contributed by atoms with E-state index in [9.17, 15) is 13.2 Å². The summed E-state index contributed by atoms with van der Waals surface area (Å²) in [5.41, 5.74) is 1.54. The Bertz CT molecular complexity index is 1310. The van der Waals surface area contributed by atoms with Gasteiger partial charge in [-0.3, -0.25) is 4.79 Å². The highest BCUT2D eigenvalue weighted by Gasteiger charge is 2.26. The number of allylic oxidation sites excluding steroid dienone is 1. The lowest BCUT2D eigenvalue weighted by Crippen LogP contribution is -2.40. The maximum absolute atomic E-state index is 12.8. The number of nitrogens with zero attached hydrogens (tertiary/aromatic N) is 3. The zero-order chi connectivity index (χ0) is 23.3. The third-order valence-corrected chi connectivity index (χ3v) is 6.99. The quantitative estimate of drug-likeness (QED) is 0.518. The van der Waals surface area contributed by atoms with E-state index in [-0.39, 0.29) is 16.0 Å². The molecule has 4 rings (SSSR count). The molecule has 1 fully saturated rings. The molecule has 2 heterocycles. The van der Waals surface area contributed by atoms with Crippen LogP contribution in [0.5, 0.6) is 0 Å². The zero-order valence-corrected chi connectivity index (χ0v) is 18.5. The highest BCUT2D eigenvalue weighted by Crippen LogP contribution is 2.19. The van der Waals surface area contributed by atoms with Gasteiger partial charge in [-0.25, -0.2) is 13.1 Å². The second-order valence-corrected chi connectivity index (χ2v) is 9.16. The Kier molecular flexibility index (Phi) is 6.78. The Morgan fingerprint density at radius 2 is 1.73 bits per heavy atom. The van der Waals surface area contributed by atoms with Crippen molar-refractivity contribution >= 4 is 27.6 Å². The minimum Gasteiger partial charge on any atom is -0.379 e. The van der Waals surface area contributed by atoms with E-state index in [1.54, 1.807) is 12.1 Å². The number of sulfonamides is 1. The number of nitrogens with one attached hydrogen (secondary N) is 2. The van der Waals surface area contributed by atoms with Crippen LogP contribution in [-0.4, -0.2) is 55.0 Å². The van der Waals surface area contributed by atoms with Crippen LogP contribution in [0.3, 0.4) is 0 Å². The van der Waals surface area contributed by atoms with Gasteiger partial charge in [-0.15, -0.1) is 0 Å². The van der Waals surface area contributed by atoms with Gasteiger partial charge in [0.1, 0.15) is 0 Å². The highest BCUT2D eigenvalue weighted by molar-refractivity contribution is 7.89. The number of benzene rings is 2. The van der Waals surface area contributed by atoms with Crippen LogP contribution in [0.1, 0.15) is 5.69 Å². The molecule has 0 atom stereocenters. The summed E-state index contributed by atoms with van der Waals surface area (Å²) in [6, 6.07) is 17.0. The molecule has 1 aliphatic heterocycles. The summed E-state index contributed by atoms with van der Waals surface area (Å²) in [5.74, 6) is 0. The zero-order valence-electron chi connectivity index (χ0n) is 17.7. The fourth-order valence-corrected chi connectivity index (χ4v) is 4.79. The third kappa shape index (κ3) is 5.08. The first-order valence-corrected chi connectivity index (χ1v) is 11.7. The lowest BCUT2D eigenvalue weighted by atomic mass is 10.2. The molecule has 1 aromatic heterocycles. The van der Waals surface area contributed by atoms with E-state index in [0.717, 1.165) is 11.9 Å². The monoisotopic (exact) mass is 465 g/mol. The van der Waals surface area contributed by atoms with Crippen molar-refractivity contribution < 1.29 is 13.2 Å². The second kappa shape index (κ2) is 9.90. The molecule has 1 saturated heterocycles. The van der Waals surface area contributed by atoms with Crippen LogP contribution >= 0.6 is 0 Å². The van der Waals surface area contributed by atoms with Crippen molar-refractivity contribution in [3.05, 3.63) is 88.9 Å². The Labute approximate surface area is 191 Å². The smallest absolute Gasteiger partial charge is 0.243 e. The first kappa shape index (κ1) is 22.6. The molecular weight excluding hydrogens is 442 g/mol. The van der Waals surface area contributed by atoms with Gasteiger partial charge in [0.2, 0.25) is 15.5 Å². The van der Waals surface area contributed by atoms with Gasteiger partial charge in [0, 0.05) is 37.3 Å². The van der Waals surface area contributed by atoms with Gasteiger partial charge in [0.05, 0.1) is 29.5 Å². The largest absolute Gasteiger partial charge is 0.379 e.